The molecule has 2 rings (SSSR count). The summed E-state index contributed by atoms with van der Waals surface area (Å²) in [4.78, 5) is 20.9. The van der Waals surface area contributed by atoms with Gasteiger partial charge in [0, 0.05) is 26.7 Å². The first kappa shape index (κ1) is 33.0. The zero-order valence-corrected chi connectivity index (χ0v) is 23.9. The summed E-state index contributed by atoms with van der Waals surface area (Å²) in [6.07, 6.45) is -1.61. The Balaban J connectivity index is 2.34. The molecule has 0 amide bonds. The summed E-state index contributed by atoms with van der Waals surface area (Å²) in [6.45, 7) is 4.31. The molecule has 1 aromatic carbocycles. The maximum absolute atomic E-state index is 11.7. The molecule has 2 aromatic rings. The number of anilines is 1. The fraction of sp³-hybridized carbons (Fsp3) is 0.542. The number of aliphatic carboxylic acids is 1. The van der Waals surface area contributed by atoms with E-state index in [-0.39, 0.29) is 55.1 Å². The monoisotopic (exact) mass is 589 g/mol. The molecular formula is C24H35N3O12S. The van der Waals surface area contributed by atoms with E-state index in [1.54, 1.807) is 32.9 Å². The van der Waals surface area contributed by atoms with Gasteiger partial charge in [-0.1, -0.05) is 5.16 Å². The molecule has 0 aliphatic heterocycles. The normalized spacial score (nSPS) is 13.9. The second-order valence-corrected chi connectivity index (χ2v) is 8.60. The number of carbonyl (C=O) groups is 1. The Bertz CT molecular complexity index is 1050. The third-order valence-corrected chi connectivity index (χ3v) is 5.64. The van der Waals surface area contributed by atoms with Crippen molar-refractivity contribution in [2.45, 2.75) is 46.2 Å². The molecule has 0 spiro atoms. The van der Waals surface area contributed by atoms with Crippen LogP contribution in [0.25, 0.3) is 0 Å². The molecule has 3 N–H and O–H groups in total. The highest BCUT2D eigenvalue weighted by atomic mass is 32.1. The third kappa shape index (κ3) is 11.1. The van der Waals surface area contributed by atoms with Gasteiger partial charge in [-0.15, -0.1) is 11.3 Å². The number of hydrogen-bond acceptors (Lipinski definition) is 15. The Morgan fingerprint density at radius 2 is 1.43 bits per heavy atom. The lowest BCUT2D eigenvalue weighted by atomic mass is 10.2. The van der Waals surface area contributed by atoms with Gasteiger partial charge in [0.25, 0.3) is 0 Å². The van der Waals surface area contributed by atoms with E-state index in [2.05, 4.69) is 10.1 Å². The number of rotatable bonds is 20. The second kappa shape index (κ2) is 17.4. The average molecular weight is 590 g/mol. The zero-order chi connectivity index (χ0) is 29.5. The molecule has 15 nitrogen and oxygen atoms in total. The smallest absolute Gasteiger partial charge is 0.360 e. The van der Waals surface area contributed by atoms with Gasteiger partial charge in [0.05, 0.1) is 0 Å². The van der Waals surface area contributed by atoms with Crippen LogP contribution in [0.4, 0.5) is 5.13 Å². The Kier molecular flexibility index (Phi) is 14.4. The van der Waals surface area contributed by atoms with Crippen molar-refractivity contribution in [2.75, 3.05) is 47.4 Å². The van der Waals surface area contributed by atoms with Crippen LogP contribution in [0.3, 0.4) is 0 Å². The minimum absolute atomic E-state index is 0.0749. The quantitative estimate of drug-likeness (QED) is 0.131. The first-order valence-corrected chi connectivity index (χ1v) is 12.7. The van der Waals surface area contributed by atoms with E-state index < -0.39 is 30.6 Å². The van der Waals surface area contributed by atoms with Crippen molar-refractivity contribution in [1.29, 1.82) is 0 Å². The van der Waals surface area contributed by atoms with Gasteiger partial charge in [-0.3, -0.25) is 0 Å². The molecule has 0 saturated carbocycles. The second-order valence-electron chi connectivity index (χ2n) is 7.71. The zero-order valence-electron chi connectivity index (χ0n) is 23.1. The average Bonchev–Trinajstić information content (AvgIpc) is 3.36. The van der Waals surface area contributed by atoms with E-state index in [0.29, 0.717) is 5.56 Å². The Hall–Kier alpha value is -3.25. The minimum atomic E-state index is -1.33. The maximum Gasteiger partial charge on any atom is 0.360 e. The number of aromatic nitrogens is 1. The molecule has 40 heavy (non-hydrogen) atoms. The van der Waals surface area contributed by atoms with Crippen molar-refractivity contribution < 1.29 is 57.4 Å². The molecule has 3 atom stereocenters. The lowest BCUT2D eigenvalue weighted by Crippen LogP contribution is -2.18. The largest absolute Gasteiger partial charge is 0.476 e. The molecule has 3 unspecified atom stereocenters. The number of methoxy groups -OCH3 is 3. The fourth-order valence-electron chi connectivity index (χ4n) is 2.61. The van der Waals surface area contributed by atoms with Gasteiger partial charge in [0.1, 0.15) is 12.3 Å². The standard InChI is InChI=1S/C24H35N3O12S/c1-14(30-4)33-11-36-19-7-17(9-39-27-21(23(28)29)18-10-40-24(25)26-18)8-20(37-12-34-15(2)31-5)22(19)38-13-35-16(3)32-6/h7-8,10,14-16H,9,11-13H2,1-6H3,(H2,25,26)(H,28,29)/b27-21-. The summed E-state index contributed by atoms with van der Waals surface area (Å²) in [6, 6.07) is 3.16. The van der Waals surface area contributed by atoms with Crippen molar-refractivity contribution in [2.24, 2.45) is 5.16 Å². The first-order chi connectivity index (χ1) is 19.2. The molecule has 0 fully saturated rings. The number of ether oxygens (including phenoxy) is 9. The van der Waals surface area contributed by atoms with Crippen LogP contribution >= 0.6 is 11.3 Å². The lowest BCUT2D eigenvalue weighted by molar-refractivity contribution is -0.157. The van der Waals surface area contributed by atoms with E-state index in [4.69, 9.17) is 53.2 Å². The van der Waals surface area contributed by atoms with Crippen molar-refractivity contribution in [3.05, 3.63) is 28.8 Å². The Morgan fingerprint density at radius 1 is 0.925 bits per heavy atom. The van der Waals surface area contributed by atoms with Crippen LogP contribution in [-0.2, 0) is 44.7 Å². The van der Waals surface area contributed by atoms with Gasteiger partial charge in [-0.25, -0.2) is 9.78 Å². The van der Waals surface area contributed by atoms with Gasteiger partial charge < -0.3 is 58.3 Å². The molecular weight excluding hydrogens is 554 g/mol. The highest BCUT2D eigenvalue weighted by Gasteiger charge is 2.20. The number of nitrogens with zero attached hydrogens (tertiary/aromatic N) is 2. The molecule has 0 aliphatic rings. The molecule has 0 saturated heterocycles. The Labute approximate surface area is 235 Å². The van der Waals surface area contributed by atoms with Crippen molar-refractivity contribution >= 4 is 28.1 Å². The summed E-state index contributed by atoms with van der Waals surface area (Å²) in [5.41, 5.74) is 5.75. The summed E-state index contributed by atoms with van der Waals surface area (Å²) >= 11 is 1.08. The van der Waals surface area contributed by atoms with Crippen LogP contribution in [-0.4, -0.2) is 82.3 Å². The van der Waals surface area contributed by atoms with Gasteiger partial charge in [0.2, 0.25) is 11.5 Å². The summed E-state index contributed by atoms with van der Waals surface area (Å²) in [5, 5.41) is 14.9. The predicted molar refractivity (Wildman–Crippen MR) is 141 cm³/mol. The molecule has 1 heterocycles. The molecule has 0 radical (unpaired) electrons. The number of nitrogen functional groups attached to an aromatic ring is 1. The fourth-order valence-corrected chi connectivity index (χ4v) is 3.16. The molecule has 0 aliphatic carbocycles. The number of nitrogens with two attached hydrogens (primary N) is 1. The first-order valence-electron chi connectivity index (χ1n) is 11.8. The van der Waals surface area contributed by atoms with Crippen LogP contribution in [0.1, 0.15) is 32.0 Å². The van der Waals surface area contributed by atoms with Gasteiger partial charge in [-0.05, 0) is 38.5 Å². The van der Waals surface area contributed by atoms with E-state index in [1.807, 2.05) is 0 Å². The van der Waals surface area contributed by atoms with Crippen LogP contribution in [0, 0.1) is 0 Å². The van der Waals surface area contributed by atoms with E-state index in [9.17, 15) is 9.90 Å². The highest BCUT2D eigenvalue weighted by molar-refractivity contribution is 7.13. The third-order valence-electron chi connectivity index (χ3n) is 4.97. The lowest BCUT2D eigenvalue weighted by Gasteiger charge is -2.20. The summed E-state index contributed by atoms with van der Waals surface area (Å²) in [7, 11) is 4.47. The van der Waals surface area contributed by atoms with E-state index in [0.717, 1.165) is 11.3 Å². The van der Waals surface area contributed by atoms with Crippen LogP contribution in [0.15, 0.2) is 22.7 Å². The van der Waals surface area contributed by atoms with Gasteiger partial charge in [0.15, 0.2) is 55.9 Å². The predicted octanol–water partition coefficient (Wildman–Crippen LogP) is 2.77. The Morgan fingerprint density at radius 3 is 1.85 bits per heavy atom. The number of carboxylic acid groups (broad SMARTS) is 1. The molecule has 16 heteroatoms. The minimum Gasteiger partial charge on any atom is -0.476 e. The number of thiazole rings is 1. The highest BCUT2D eigenvalue weighted by Crippen LogP contribution is 2.39. The molecule has 1 aromatic heterocycles. The topological polar surface area (TPSA) is 181 Å². The van der Waals surface area contributed by atoms with Crippen molar-refractivity contribution in [3.63, 3.8) is 0 Å². The number of oxime groups is 1. The molecule has 0 bridgehead atoms. The van der Waals surface area contributed by atoms with Crippen molar-refractivity contribution in [1.82, 2.24) is 4.98 Å². The number of carboxylic acids is 1. The maximum atomic E-state index is 11.7. The summed E-state index contributed by atoms with van der Waals surface area (Å²) < 4.78 is 48.9. The molecule has 224 valence electrons. The van der Waals surface area contributed by atoms with Gasteiger partial charge >= 0.3 is 5.97 Å². The number of hydrogen-bond donors (Lipinski definition) is 2. The van der Waals surface area contributed by atoms with Crippen LogP contribution < -0.4 is 19.9 Å². The van der Waals surface area contributed by atoms with Crippen molar-refractivity contribution in [3.8, 4) is 17.2 Å². The SMILES string of the molecule is COC(C)OCOc1cc(CO/N=C(\C(=O)O)c2csc(N)n2)cc(OCOC(C)OC)c1OCOC(C)OC. The van der Waals surface area contributed by atoms with E-state index in [1.165, 1.54) is 26.7 Å². The van der Waals surface area contributed by atoms with Crippen LogP contribution in [0.5, 0.6) is 17.2 Å². The van der Waals surface area contributed by atoms with Crippen LogP contribution in [0.2, 0.25) is 0 Å². The van der Waals surface area contributed by atoms with Gasteiger partial charge in [-0.2, -0.15) is 0 Å². The number of benzene rings is 1. The van der Waals surface area contributed by atoms with E-state index >= 15 is 0 Å². The summed E-state index contributed by atoms with van der Waals surface area (Å²) in [5.74, 6) is -0.770.